The van der Waals surface area contributed by atoms with Gasteiger partial charge in [0.05, 0.1) is 0 Å². The van der Waals surface area contributed by atoms with Crippen LogP contribution < -0.4 is 0 Å². The molecule has 13 heavy (non-hydrogen) atoms. The Labute approximate surface area is 81.2 Å². The van der Waals surface area contributed by atoms with E-state index in [4.69, 9.17) is 0 Å². The molecule has 0 bridgehead atoms. The Morgan fingerprint density at radius 2 is 2.23 bits per heavy atom. The molecule has 1 heteroatoms. The molecule has 1 heterocycles. The molecule has 71 valence electrons. The number of nitrogens with zero attached hydrogens (tertiary/aromatic N) is 1. The van der Waals surface area contributed by atoms with E-state index in [1.807, 2.05) is 6.20 Å². The predicted octanol–water partition coefficient (Wildman–Crippen LogP) is 3.19. The first-order chi connectivity index (χ1) is 6.36. The predicted molar refractivity (Wildman–Crippen MR) is 56.5 cm³/mol. The van der Waals surface area contributed by atoms with Gasteiger partial charge in [-0.3, -0.25) is 4.98 Å². The van der Waals surface area contributed by atoms with E-state index in [1.165, 1.54) is 30.5 Å². The molecule has 0 aliphatic heterocycles. The van der Waals surface area contributed by atoms with E-state index in [-0.39, 0.29) is 0 Å². The highest BCUT2D eigenvalue weighted by Gasteiger charge is 1.95. The van der Waals surface area contributed by atoms with Gasteiger partial charge >= 0.3 is 0 Å². The minimum absolute atomic E-state index is 0.935. The number of hydrogen-bond acceptors (Lipinski definition) is 1. The van der Waals surface area contributed by atoms with Gasteiger partial charge in [0.1, 0.15) is 0 Å². The third kappa shape index (κ3) is 3.58. The maximum atomic E-state index is 4.30. The van der Waals surface area contributed by atoms with Gasteiger partial charge in [-0.2, -0.15) is 0 Å². The maximum Gasteiger partial charge on any atom is 0.0406 e. The molecule has 1 aromatic heterocycles. The fraction of sp³-hybridized carbons (Fsp3) is 0.500. The third-order valence-electron chi connectivity index (χ3n) is 2.13. The quantitative estimate of drug-likeness (QED) is 0.671. The molecule has 0 amide bonds. The van der Waals surface area contributed by atoms with Crippen LogP contribution in [0.15, 0.2) is 18.3 Å². The molecule has 0 saturated heterocycles. The summed E-state index contributed by atoms with van der Waals surface area (Å²) in [5, 5.41) is 0. The first-order valence-electron chi connectivity index (χ1n) is 5.10. The van der Waals surface area contributed by atoms with Gasteiger partial charge in [0.2, 0.25) is 0 Å². The van der Waals surface area contributed by atoms with Crippen molar-refractivity contribution in [2.24, 2.45) is 0 Å². The number of pyridine rings is 1. The fourth-order valence-electron chi connectivity index (χ4n) is 1.38. The summed E-state index contributed by atoms with van der Waals surface area (Å²) in [5.74, 6) is 0. The minimum atomic E-state index is 0.935. The maximum absolute atomic E-state index is 4.30. The molecular formula is C12H18N. The summed E-state index contributed by atoms with van der Waals surface area (Å²) < 4.78 is 0. The van der Waals surface area contributed by atoms with Gasteiger partial charge in [-0.25, -0.2) is 0 Å². The summed E-state index contributed by atoms with van der Waals surface area (Å²) in [4.78, 5) is 4.30. The van der Waals surface area contributed by atoms with Gasteiger partial charge in [0.15, 0.2) is 0 Å². The van der Waals surface area contributed by atoms with Gasteiger partial charge in [-0.15, -0.1) is 0 Å². The normalized spacial score (nSPS) is 10.3. The molecule has 1 rings (SSSR count). The van der Waals surface area contributed by atoms with Crippen molar-refractivity contribution >= 4 is 0 Å². The average Bonchev–Trinajstić information content (AvgIpc) is 2.16. The van der Waals surface area contributed by atoms with Crippen LogP contribution in [-0.4, -0.2) is 4.98 Å². The van der Waals surface area contributed by atoms with Crippen LogP contribution in [0.4, 0.5) is 0 Å². The van der Waals surface area contributed by atoms with Crippen LogP contribution in [0.25, 0.3) is 0 Å². The Morgan fingerprint density at radius 1 is 1.38 bits per heavy atom. The van der Waals surface area contributed by atoms with Crippen LogP contribution in [0.3, 0.4) is 0 Å². The van der Waals surface area contributed by atoms with Crippen molar-refractivity contribution in [2.75, 3.05) is 0 Å². The Morgan fingerprint density at radius 3 is 2.92 bits per heavy atom. The van der Waals surface area contributed by atoms with Crippen molar-refractivity contribution in [3.8, 4) is 0 Å². The second-order valence-electron chi connectivity index (χ2n) is 3.36. The molecule has 0 saturated carbocycles. The van der Waals surface area contributed by atoms with E-state index in [2.05, 4.69) is 31.0 Å². The van der Waals surface area contributed by atoms with Crippen molar-refractivity contribution in [1.82, 2.24) is 4.98 Å². The van der Waals surface area contributed by atoms with E-state index in [9.17, 15) is 0 Å². The average molecular weight is 176 g/mol. The van der Waals surface area contributed by atoms with Gasteiger partial charge in [-0.05, 0) is 43.4 Å². The standard InChI is InChI=1S/C12H18N/c1-3-5-7-11-8-9-13-12(10-11)6-4-2/h8-10H,2-7H2,1H3. The van der Waals surface area contributed by atoms with Crippen LogP contribution in [0.5, 0.6) is 0 Å². The molecular weight excluding hydrogens is 158 g/mol. The van der Waals surface area contributed by atoms with Gasteiger partial charge < -0.3 is 0 Å². The van der Waals surface area contributed by atoms with Crippen molar-refractivity contribution in [3.05, 3.63) is 36.5 Å². The first kappa shape index (κ1) is 10.2. The second kappa shape index (κ2) is 5.74. The summed E-state index contributed by atoms with van der Waals surface area (Å²) in [7, 11) is 0. The molecule has 0 aromatic carbocycles. The first-order valence-corrected chi connectivity index (χ1v) is 5.10. The van der Waals surface area contributed by atoms with Gasteiger partial charge in [-0.1, -0.05) is 20.3 Å². The Balaban J connectivity index is 2.56. The lowest BCUT2D eigenvalue weighted by Crippen LogP contribution is -1.92. The van der Waals surface area contributed by atoms with E-state index in [0.29, 0.717) is 0 Å². The van der Waals surface area contributed by atoms with E-state index in [1.54, 1.807) is 0 Å². The molecule has 0 atom stereocenters. The SMILES string of the molecule is [CH2]CCc1cc(CCCC)ccn1. The summed E-state index contributed by atoms with van der Waals surface area (Å²) in [5.41, 5.74) is 2.60. The minimum Gasteiger partial charge on any atom is -0.261 e. The molecule has 0 aliphatic rings. The van der Waals surface area contributed by atoms with Crippen molar-refractivity contribution < 1.29 is 0 Å². The third-order valence-corrected chi connectivity index (χ3v) is 2.13. The molecule has 0 unspecified atom stereocenters. The number of aryl methyl sites for hydroxylation is 2. The van der Waals surface area contributed by atoms with Crippen LogP contribution in [0.1, 0.15) is 37.4 Å². The number of aromatic nitrogens is 1. The highest BCUT2D eigenvalue weighted by Crippen LogP contribution is 2.07. The Kier molecular flexibility index (Phi) is 4.52. The topological polar surface area (TPSA) is 12.9 Å². The molecule has 0 N–H and O–H groups in total. The number of rotatable bonds is 5. The van der Waals surface area contributed by atoms with E-state index < -0.39 is 0 Å². The number of unbranched alkanes of at least 4 members (excludes halogenated alkanes) is 1. The zero-order chi connectivity index (χ0) is 9.52. The van der Waals surface area contributed by atoms with Gasteiger partial charge in [0.25, 0.3) is 0 Å². The van der Waals surface area contributed by atoms with Crippen LogP contribution in [0.2, 0.25) is 0 Å². The number of hydrogen-bond donors (Lipinski definition) is 0. The molecule has 1 nitrogen and oxygen atoms in total. The molecule has 0 aliphatic carbocycles. The Bertz CT molecular complexity index is 243. The zero-order valence-electron chi connectivity index (χ0n) is 8.42. The Hall–Kier alpha value is -0.850. The zero-order valence-corrected chi connectivity index (χ0v) is 8.42. The highest BCUT2D eigenvalue weighted by molar-refractivity contribution is 5.16. The largest absolute Gasteiger partial charge is 0.261 e. The van der Waals surface area contributed by atoms with Crippen molar-refractivity contribution in [2.45, 2.75) is 39.0 Å². The molecule has 0 fully saturated rings. The van der Waals surface area contributed by atoms with Crippen LogP contribution in [0, 0.1) is 6.92 Å². The molecule has 1 radical (unpaired) electrons. The van der Waals surface area contributed by atoms with E-state index in [0.717, 1.165) is 12.8 Å². The summed E-state index contributed by atoms with van der Waals surface area (Å²) >= 11 is 0. The highest BCUT2D eigenvalue weighted by atomic mass is 14.7. The van der Waals surface area contributed by atoms with Crippen LogP contribution in [-0.2, 0) is 12.8 Å². The second-order valence-corrected chi connectivity index (χ2v) is 3.36. The summed E-state index contributed by atoms with van der Waals surface area (Å²) in [6.07, 6.45) is 7.56. The monoisotopic (exact) mass is 176 g/mol. The van der Waals surface area contributed by atoms with Crippen LogP contribution >= 0.6 is 0 Å². The van der Waals surface area contributed by atoms with Crippen molar-refractivity contribution in [1.29, 1.82) is 0 Å². The van der Waals surface area contributed by atoms with Gasteiger partial charge in [0, 0.05) is 11.9 Å². The lowest BCUT2D eigenvalue weighted by molar-refractivity contribution is 0.790. The molecule has 0 spiro atoms. The molecule has 1 aromatic rings. The smallest absolute Gasteiger partial charge is 0.0406 e. The summed E-state index contributed by atoms with van der Waals surface area (Å²) in [6.45, 7) is 6.05. The van der Waals surface area contributed by atoms with E-state index >= 15 is 0 Å². The van der Waals surface area contributed by atoms with Crippen molar-refractivity contribution in [3.63, 3.8) is 0 Å². The fourth-order valence-corrected chi connectivity index (χ4v) is 1.38. The summed E-state index contributed by atoms with van der Waals surface area (Å²) in [6, 6.07) is 4.32. The lowest BCUT2D eigenvalue weighted by atomic mass is 10.1. The lowest BCUT2D eigenvalue weighted by Gasteiger charge is -2.02.